The zero-order valence-electron chi connectivity index (χ0n) is 8.89. The van der Waals surface area contributed by atoms with E-state index in [1.807, 2.05) is 18.2 Å². The number of hydrogen-bond acceptors (Lipinski definition) is 2. The summed E-state index contributed by atoms with van der Waals surface area (Å²) in [4.78, 5) is 15.3. The number of aryl methyl sites for hydroxylation is 2. The van der Waals surface area contributed by atoms with Crippen LogP contribution in [0.4, 0.5) is 0 Å². The first kappa shape index (κ1) is 9.33. The minimum Gasteiger partial charge on any atom is -0.334 e. The first-order valence-corrected chi connectivity index (χ1v) is 5.48. The maximum absolute atomic E-state index is 10.7. The molecule has 0 unspecified atom stereocenters. The van der Waals surface area contributed by atoms with Gasteiger partial charge in [0.2, 0.25) is 0 Å². The van der Waals surface area contributed by atoms with Crippen LogP contribution in [0, 0.1) is 0 Å². The van der Waals surface area contributed by atoms with Crippen molar-refractivity contribution in [3.63, 3.8) is 0 Å². The van der Waals surface area contributed by atoms with Gasteiger partial charge in [0.1, 0.15) is 12.1 Å². The summed E-state index contributed by atoms with van der Waals surface area (Å²) < 4.78 is 2.20. The van der Waals surface area contributed by atoms with E-state index in [0.29, 0.717) is 5.56 Å². The van der Waals surface area contributed by atoms with Crippen molar-refractivity contribution < 1.29 is 4.79 Å². The van der Waals surface area contributed by atoms with Crippen molar-refractivity contribution in [1.29, 1.82) is 0 Å². The second kappa shape index (κ2) is 3.59. The Morgan fingerprint density at radius 2 is 2.31 bits per heavy atom. The number of carbonyl (C=O) groups is 1. The van der Waals surface area contributed by atoms with E-state index < -0.39 is 0 Å². The van der Waals surface area contributed by atoms with E-state index in [0.717, 1.165) is 36.3 Å². The molecule has 80 valence electrons. The Balaban J connectivity index is 2.04. The molecule has 0 radical (unpaired) electrons. The zero-order chi connectivity index (χ0) is 11.0. The normalized spacial score (nSPS) is 13.8. The van der Waals surface area contributed by atoms with E-state index in [-0.39, 0.29) is 0 Å². The van der Waals surface area contributed by atoms with Gasteiger partial charge in [-0.25, -0.2) is 4.98 Å². The summed E-state index contributed by atoms with van der Waals surface area (Å²) in [5, 5.41) is 0. The van der Waals surface area contributed by atoms with Crippen molar-refractivity contribution in [1.82, 2.24) is 9.55 Å². The number of carbonyl (C=O) groups excluding carboxylic acids is 1. The maximum Gasteiger partial charge on any atom is 0.150 e. The molecule has 1 aromatic heterocycles. The molecule has 0 atom stereocenters. The molecular weight excluding hydrogens is 200 g/mol. The molecule has 1 aromatic carbocycles. The summed E-state index contributed by atoms with van der Waals surface area (Å²) in [5.74, 6) is 1.16. The average Bonchev–Trinajstić information content (AvgIpc) is 2.89. The predicted octanol–water partition coefficient (Wildman–Crippen LogP) is 2.31. The van der Waals surface area contributed by atoms with Crippen molar-refractivity contribution in [2.45, 2.75) is 19.4 Å². The molecule has 0 amide bonds. The molecule has 0 saturated heterocycles. The summed E-state index contributed by atoms with van der Waals surface area (Å²) in [6.45, 7) is 1.07. The highest BCUT2D eigenvalue weighted by Gasteiger charge is 2.14. The van der Waals surface area contributed by atoms with E-state index in [9.17, 15) is 4.79 Å². The lowest BCUT2D eigenvalue weighted by molar-refractivity contribution is 0.112. The third-order valence-corrected chi connectivity index (χ3v) is 2.98. The second-order valence-corrected chi connectivity index (χ2v) is 4.08. The van der Waals surface area contributed by atoms with Gasteiger partial charge in [0.25, 0.3) is 0 Å². The third kappa shape index (κ3) is 1.45. The van der Waals surface area contributed by atoms with Gasteiger partial charge >= 0.3 is 0 Å². The number of nitrogens with zero attached hydrogens (tertiary/aromatic N) is 2. The Labute approximate surface area is 93.7 Å². The second-order valence-electron chi connectivity index (χ2n) is 4.08. The Kier molecular flexibility index (Phi) is 2.10. The Morgan fingerprint density at radius 3 is 3.12 bits per heavy atom. The molecule has 0 aliphatic carbocycles. The van der Waals surface area contributed by atoms with Gasteiger partial charge in [0.05, 0.1) is 5.69 Å². The Morgan fingerprint density at radius 1 is 1.38 bits per heavy atom. The number of aromatic nitrogens is 2. The number of benzene rings is 1. The Bertz CT molecular complexity index is 521. The monoisotopic (exact) mass is 212 g/mol. The summed E-state index contributed by atoms with van der Waals surface area (Å²) in [5.41, 5.74) is 2.69. The number of hydrogen-bond donors (Lipinski definition) is 0. The standard InChI is InChI=1S/C13H12N2O/c16-9-10-3-1-4-11(7-10)12-8-15-6-2-5-13(15)14-12/h1,3-4,7-9H,2,5-6H2. The summed E-state index contributed by atoms with van der Waals surface area (Å²) in [6.07, 6.45) is 5.20. The van der Waals surface area contributed by atoms with Crippen molar-refractivity contribution in [3.8, 4) is 11.3 Å². The van der Waals surface area contributed by atoms with Gasteiger partial charge in [-0.1, -0.05) is 18.2 Å². The van der Waals surface area contributed by atoms with Crippen LogP contribution in [0.15, 0.2) is 30.5 Å². The molecule has 1 aliphatic rings. The minimum absolute atomic E-state index is 0.700. The SMILES string of the molecule is O=Cc1cccc(-c2cn3c(n2)CCC3)c1. The highest BCUT2D eigenvalue weighted by molar-refractivity contribution is 5.78. The largest absolute Gasteiger partial charge is 0.334 e. The van der Waals surface area contributed by atoms with Gasteiger partial charge in [-0.2, -0.15) is 0 Å². The topological polar surface area (TPSA) is 34.9 Å². The van der Waals surface area contributed by atoms with Gasteiger partial charge in [-0.3, -0.25) is 4.79 Å². The number of aldehydes is 1. The molecular formula is C13H12N2O. The fourth-order valence-electron chi connectivity index (χ4n) is 2.17. The van der Waals surface area contributed by atoms with Crippen molar-refractivity contribution in [2.24, 2.45) is 0 Å². The third-order valence-electron chi connectivity index (χ3n) is 2.98. The molecule has 16 heavy (non-hydrogen) atoms. The fourth-order valence-corrected chi connectivity index (χ4v) is 2.17. The van der Waals surface area contributed by atoms with E-state index in [2.05, 4.69) is 15.7 Å². The van der Waals surface area contributed by atoms with Crippen molar-refractivity contribution in [2.75, 3.05) is 0 Å². The Hall–Kier alpha value is -1.90. The van der Waals surface area contributed by atoms with Crippen LogP contribution >= 0.6 is 0 Å². The lowest BCUT2D eigenvalue weighted by Crippen LogP contribution is -1.87. The fraction of sp³-hybridized carbons (Fsp3) is 0.231. The van der Waals surface area contributed by atoms with Crippen LogP contribution in [0.25, 0.3) is 11.3 Å². The highest BCUT2D eigenvalue weighted by atomic mass is 16.1. The van der Waals surface area contributed by atoms with E-state index in [1.165, 1.54) is 6.42 Å². The number of rotatable bonds is 2. The van der Waals surface area contributed by atoms with Crippen LogP contribution in [0.5, 0.6) is 0 Å². The molecule has 0 spiro atoms. The molecule has 2 aromatic rings. The smallest absolute Gasteiger partial charge is 0.150 e. The zero-order valence-corrected chi connectivity index (χ0v) is 8.89. The van der Waals surface area contributed by atoms with E-state index in [4.69, 9.17) is 0 Å². The van der Waals surface area contributed by atoms with Gasteiger partial charge in [-0.05, 0) is 12.5 Å². The summed E-state index contributed by atoms with van der Waals surface area (Å²) in [6, 6.07) is 7.57. The van der Waals surface area contributed by atoms with Gasteiger partial charge in [0, 0.05) is 30.3 Å². The highest BCUT2D eigenvalue weighted by Crippen LogP contribution is 2.23. The van der Waals surface area contributed by atoms with Crippen molar-refractivity contribution in [3.05, 3.63) is 41.9 Å². The quantitative estimate of drug-likeness (QED) is 0.716. The first-order chi connectivity index (χ1) is 7.86. The minimum atomic E-state index is 0.700. The van der Waals surface area contributed by atoms with Crippen LogP contribution in [0.3, 0.4) is 0 Å². The number of fused-ring (bicyclic) bond motifs is 1. The van der Waals surface area contributed by atoms with E-state index >= 15 is 0 Å². The van der Waals surface area contributed by atoms with Gasteiger partial charge < -0.3 is 4.57 Å². The van der Waals surface area contributed by atoms with Crippen LogP contribution < -0.4 is 0 Å². The lowest BCUT2D eigenvalue weighted by atomic mass is 10.1. The van der Waals surface area contributed by atoms with Gasteiger partial charge in [-0.15, -0.1) is 0 Å². The molecule has 0 saturated carbocycles. The van der Waals surface area contributed by atoms with Crippen molar-refractivity contribution >= 4 is 6.29 Å². The van der Waals surface area contributed by atoms with E-state index in [1.54, 1.807) is 6.07 Å². The number of imidazole rings is 1. The van der Waals surface area contributed by atoms with Crippen LogP contribution in [-0.2, 0) is 13.0 Å². The molecule has 0 bridgehead atoms. The maximum atomic E-state index is 10.7. The molecule has 1 aliphatic heterocycles. The molecule has 0 fully saturated rings. The molecule has 2 heterocycles. The first-order valence-electron chi connectivity index (χ1n) is 5.48. The van der Waals surface area contributed by atoms with Crippen LogP contribution in [0.1, 0.15) is 22.6 Å². The molecule has 3 rings (SSSR count). The molecule has 3 heteroatoms. The summed E-state index contributed by atoms with van der Waals surface area (Å²) >= 11 is 0. The van der Waals surface area contributed by atoms with Gasteiger partial charge in [0.15, 0.2) is 0 Å². The summed E-state index contributed by atoms with van der Waals surface area (Å²) in [7, 11) is 0. The molecule has 3 nitrogen and oxygen atoms in total. The van der Waals surface area contributed by atoms with Crippen LogP contribution in [0.2, 0.25) is 0 Å². The molecule has 0 N–H and O–H groups in total. The lowest BCUT2D eigenvalue weighted by Gasteiger charge is -1.97. The van der Waals surface area contributed by atoms with Crippen LogP contribution in [-0.4, -0.2) is 15.8 Å². The average molecular weight is 212 g/mol. The predicted molar refractivity (Wildman–Crippen MR) is 61.4 cm³/mol.